The zero-order valence-corrected chi connectivity index (χ0v) is 18.1. The fourth-order valence-electron chi connectivity index (χ4n) is 3.06. The van der Waals surface area contributed by atoms with Gasteiger partial charge in [-0.25, -0.2) is 4.99 Å². The minimum absolute atomic E-state index is 0.197. The zero-order chi connectivity index (χ0) is 22.3. The van der Waals surface area contributed by atoms with Crippen molar-refractivity contribution in [1.82, 2.24) is 5.32 Å². The van der Waals surface area contributed by atoms with Gasteiger partial charge >= 0.3 is 0 Å². The monoisotopic (exact) mass is 441 g/mol. The molecular formula is C25H19N3O3S. The molecule has 0 aromatic heterocycles. The molecule has 4 rings (SSSR count). The van der Waals surface area contributed by atoms with E-state index in [-0.39, 0.29) is 12.5 Å². The number of nitrogens with zero attached hydrogens (tertiary/aromatic N) is 2. The summed E-state index contributed by atoms with van der Waals surface area (Å²) in [5, 5.41) is 12.6. The summed E-state index contributed by atoms with van der Waals surface area (Å²) in [7, 11) is 1.56. The van der Waals surface area contributed by atoms with Crippen molar-refractivity contribution in [2.75, 3.05) is 7.11 Å². The number of ether oxygens (including phenoxy) is 2. The number of methoxy groups -OCH3 is 1. The van der Waals surface area contributed by atoms with Gasteiger partial charge in [0.05, 0.1) is 29.3 Å². The summed E-state index contributed by atoms with van der Waals surface area (Å²) in [6.45, 7) is 0.248. The van der Waals surface area contributed by atoms with E-state index in [1.807, 2.05) is 54.6 Å². The molecule has 3 aromatic rings. The Bertz CT molecular complexity index is 1250. The van der Waals surface area contributed by atoms with Gasteiger partial charge < -0.3 is 14.8 Å². The topological polar surface area (TPSA) is 83.7 Å². The van der Waals surface area contributed by atoms with Crippen molar-refractivity contribution < 1.29 is 14.3 Å². The maximum absolute atomic E-state index is 12.4. The predicted octanol–water partition coefficient (Wildman–Crippen LogP) is 5.04. The van der Waals surface area contributed by atoms with E-state index in [9.17, 15) is 10.1 Å². The SMILES string of the molecule is COc1cc(/C=C2/SC(=Nc3ccccc3)NC2=O)ccc1OCc1ccccc1C#N. The van der Waals surface area contributed by atoms with Crippen molar-refractivity contribution >= 4 is 34.6 Å². The first kappa shape index (κ1) is 21.2. The Balaban J connectivity index is 1.50. The highest BCUT2D eigenvalue weighted by Crippen LogP contribution is 2.32. The van der Waals surface area contributed by atoms with Gasteiger partial charge in [0.2, 0.25) is 0 Å². The molecule has 158 valence electrons. The van der Waals surface area contributed by atoms with E-state index in [2.05, 4.69) is 16.4 Å². The Labute approximate surface area is 190 Å². The number of hydrogen-bond acceptors (Lipinski definition) is 6. The Kier molecular flexibility index (Phi) is 6.54. The predicted molar refractivity (Wildman–Crippen MR) is 126 cm³/mol. The number of aliphatic imine (C=N–C) groups is 1. The standard InChI is InChI=1S/C25H19N3O3S/c1-30-22-13-17(11-12-21(22)31-16-19-8-6-5-7-18(19)15-26)14-23-24(29)28-25(32-23)27-20-9-3-2-4-10-20/h2-14H,16H2,1H3,(H,27,28,29)/b23-14+. The lowest BCUT2D eigenvalue weighted by Crippen LogP contribution is -2.19. The molecule has 0 radical (unpaired) electrons. The van der Waals surface area contributed by atoms with E-state index in [0.29, 0.717) is 27.1 Å². The third kappa shape index (κ3) is 4.99. The zero-order valence-electron chi connectivity index (χ0n) is 17.2. The number of amidine groups is 1. The van der Waals surface area contributed by atoms with E-state index in [1.54, 1.807) is 31.4 Å². The lowest BCUT2D eigenvalue weighted by molar-refractivity contribution is -0.115. The van der Waals surface area contributed by atoms with Gasteiger partial charge in [-0.1, -0.05) is 42.5 Å². The first-order chi connectivity index (χ1) is 15.7. The molecule has 1 amide bonds. The largest absolute Gasteiger partial charge is 0.493 e. The van der Waals surface area contributed by atoms with E-state index < -0.39 is 0 Å². The molecule has 0 spiro atoms. The number of nitrogens with one attached hydrogen (secondary N) is 1. The number of para-hydroxylation sites is 1. The molecule has 1 heterocycles. The van der Waals surface area contributed by atoms with Crippen LogP contribution in [0.4, 0.5) is 5.69 Å². The van der Waals surface area contributed by atoms with Crippen LogP contribution in [0.3, 0.4) is 0 Å². The second-order valence-electron chi connectivity index (χ2n) is 6.79. The number of benzene rings is 3. The molecule has 0 saturated carbocycles. The van der Waals surface area contributed by atoms with Crippen LogP contribution >= 0.6 is 11.8 Å². The van der Waals surface area contributed by atoms with Crippen molar-refractivity contribution in [3.05, 3.63) is 94.4 Å². The number of nitriles is 1. The fraction of sp³-hybridized carbons (Fsp3) is 0.0800. The minimum Gasteiger partial charge on any atom is -0.493 e. The summed E-state index contributed by atoms with van der Waals surface area (Å²) in [6.07, 6.45) is 1.78. The summed E-state index contributed by atoms with van der Waals surface area (Å²) in [6, 6.07) is 24.4. The number of carbonyl (C=O) groups excluding carboxylic acids is 1. The van der Waals surface area contributed by atoms with E-state index in [0.717, 1.165) is 16.8 Å². The van der Waals surface area contributed by atoms with Crippen LogP contribution in [0.2, 0.25) is 0 Å². The summed E-state index contributed by atoms with van der Waals surface area (Å²) >= 11 is 1.29. The average Bonchev–Trinajstić information content (AvgIpc) is 3.17. The molecule has 6 nitrogen and oxygen atoms in total. The van der Waals surface area contributed by atoms with Crippen molar-refractivity contribution in [3.63, 3.8) is 0 Å². The molecule has 1 aliphatic rings. The number of carbonyl (C=O) groups is 1. The Morgan fingerprint density at radius 3 is 2.62 bits per heavy atom. The van der Waals surface area contributed by atoms with Gasteiger partial charge in [-0.15, -0.1) is 0 Å². The van der Waals surface area contributed by atoms with Gasteiger partial charge in [0.15, 0.2) is 16.7 Å². The van der Waals surface area contributed by atoms with Crippen molar-refractivity contribution in [2.45, 2.75) is 6.61 Å². The Morgan fingerprint density at radius 2 is 1.84 bits per heavy atom. The van der Waals surface area contributed by atoms with Gasteiger partial charge in [-0.3, -0.25) is 4.79 Å². The maximum Gasteiger partial charge on any atom is 0.264 e. The Hall–Kier alpha value is -4.02. The molecule has 1 fully saturated rings. The summed E-state index contributed by atoms with van der Waals surface area (Å²) < 4.78 is 11.4. The highest BCUT2D eigenvalue weighted by atomic mass is 32.2. The van der Waals surface area contributed by atoms with Crippen LogP contribution in [0.1, 0.15) is 16.7 Å². The van der Waals surface area contributed by atoms with Gasteiger partial charge in [0, 0.05) is 5.56 Å². The van der Waals surface area contributed by atoms with Gasteiger partial charge in [0.1, 0.15) is 6.61 Å². The molecule has 1 N–H and O–H groups in total. The number of rotatable bonds is 6. The first-order valence-electron chi connectivity index (χ1n) is 9.80. The number of thioether (sulfide) groups is 1. The molecule has 0 atom stereocenters. The highest BCUT2D eigenvalue weighted by Gasteiger charge is 2.24. The summed E-state index contributed by atoms with van der Waals surface area (Å²) in [5.74, 6) is 0.893. The van der Waals surface area contributed by atoms with Gasteiger partial charge in [0.25, 0.3) is 5.91 Å². The average molecular weight is 442 g/mol. The molecule has 0 bridgehead atoms. The van der Waals surface area contributed by atoms with Crippen LogP contribution in [0.5, 0.6) is 11.5 Å². The van der Waals surface area contributed by atoms with E-state index in [4.69, 9.17) is 9.47 Å². The van der Waals surface area contributed by atoms with Crippen LogP contribution in [-0.4, -0.2) is 18.2 Å². The molecular weight excluding hydrogens is 422 g/mol. The molecule has 1 aliphatic heterocycles. The fourth-order valence-corrected chi connectivity index (χ4v) is 3.90. The molecule has 7 heteroatoms. The number of amides is 1. The quantitative estimate of drug-likeness (QED) is 0.542. The lowest BCUT2D eigenvalue weighted by atomic mass is 10.1. The van der Waals surface area contributed by atoms with Crippen LogP contribution < -0.4 is 14.8 Å². The Morgan fingerprint density at radius 1 is 1.06 bits per heavy atom. The summed E-state index contributed by atoms with van der Waals surface area (Å²) in [5.41, 5.74) is 2.94. The minimum atomic E-state index is -0.197. The van der Waals surface area contributed by atoms with Crippen LogP contribution in [-0.2, 0) is 11.4 Å². The third-order valence-electron chi connectivity index (χ3n) is 4.64. The van der Waals surface area contributed by atoms with Crippen molar-refractivity contribution in [3.8, 4) is 17.6 Å². The number of hydrogen-bond donors (Lipinski definition) is 1. The smallest absolute Gasteiger partial charge is 0.264 e. The molecule has 0 aliphatic carbocycles. The first-order valence-corrected chi connectivity index (χ1v) is 10.6. The van der Waals surface area contributed by atoms with E-state index in [1.165, 1.54) is 11.8 Å². The normalized spacial score (nSPS) is 15.4. The molecule has 3 aromatic carbocycles. The van der Waals surface area contributed by atoms with Gasteiger partial charge in [-0.05, 0) is 53.7 Å². The second kappa shape index (κ2) is 9.86. The molecule has 0 unspecified atom stereocenters. The maximum atomic E-state index is 12.4. The van der Waals surface area contributed by atoms with Crippen LogP contribution in [0.25, 0.3) is 6.08 Å². The lowest BCUT2D eigenvalue weighted by Gasteiger charge is -2.12. The summed E-state index contributed by atoms with van der Waals surface area (Å²) in [4.78, 5) is 17.4. The van der Waals surface area contributed by atoms with Gasteiger partial charge in [-0.2, -0.15) is 5.26 Å². The van der Waals surface area contributed by atoms with Crippen molar-refractivity contribution in [2.24, 2.45) is 4.99 Å². The molecule has 32 heavy (non-hydrogen) atoms. The van der Waals surface area contributed by atoms with Crippen LogP contribution in [0, 0.1) is 11.3 Å². The molecule has 1 saturated heterocycles. The third-order valence-corrected chi connectivity index (χ3v) is 5.55. The van der Waals surface area contributed by atoms with Crippen molar-refractivity contribution in [1.29, 1.82) is 5.26 Å². The van der Waals surface area contributed by atoms with E-state index >= 15 is 0 Å². The van der Waals surface area contributed by atoms with Crippen LogP contribution in [0.15, 0.2) is 82.7 Å². The highest BCUT2D eigenvalue weighted by molar-refractivity contribution is 8.18. The second-order valence-corrected chi connectivity index (χ2v) is 7.82.